The van der Waals surface area contributed by atoms with Crippen molar-refractivity contribution in [1.82, 2.24) is 10.1 Å². The average Bonchev–Trinajstić information content (AvgIpc) is 2.87. The van der Waals surface area contributed by atoms with Crippen molar-refractivity contribution in [2.45, 2.75) is 26.6 Å². The molecular weight excluding hydrogens is 280 g/mol. The molecule has 1 aromatic heterocycles. The number of ether oxygens (including phenoxy) is 2. The second kappa shape index (κ2) is 7.38. The van der Waals surface area contributed by atoms with Crippen LogP contribution in [0.1, 0.15) is 37.4 Å². The monoisotopic (exact) mass is 296 g/mol. The number of aromatic nitrogens is 2. The molecule has 108 valence electrons. The molecule has 0 amide bonds. The highest BCUT2D eigenvalue weighted by Crippen LogP contribution is 2.18. The summed E-state index contributed by atoms with van der Waals surface area (Å²) in [6.45, 7) is 4.79. The molecule has 6 heteroatoms. The molecule has 0 bridgehead atoms. The molecule has 0 saturated carbocycles. The largest absolute Gasteiger partial charge is 0.345 e. The molecule has 0 spiro atoms. The van der Waals surface area contributed by atoms with Crippen LogP contribution in [0.5, 0.6) is 0 Å². The van der Waals surface area contributed by atoms with Gasteiger partial charge in [-0.25, -0.2) is 0 Å². The minimum absolute atomic E-state index is 0.339. The van der Waals surface area contributed by atoms with E-state index in [1.54, 1.807) is 0 Å². The van der Waals surface area contributed by atoms with Crippen LogP contribution < -0.4 is 0 Å². The van der Waals surface area contributed by atoms with Crippen molar-refractivity contribution in [3.05, 3.63) is 46.6 Å². The Morgan fingerprint density at radius 1 is 1.25 bits per heavy atom. The Balaban J connectivity index is 2.07. The van der Waals surface area contributed by atoms with Gasteiger partial charge in [0, 0.05) is 24.7 Å². The molecule has 0 aliphatic rings. The van der Waals surface area contributed by atoms with Gasteiger partial charge in [-0.1, -0.05) is 28.9 Å². The van der Waals surface area contributed by atoms with Crippen LogP contribution in [0.2, 0.25) is 5.02 Å². The van der Waals surface area contributed by atoms with Crippen LogP contribution in [0.25, 0.3) is 0 Å². The first-order valence-electron chi connectivity index (χ1n) is 6.53. The van der Waals surface area contributed by atoms with E-state index in [0.29, 0.717) is 36.4 Å². The molecule has 0 aliphatic carbocycles. The second-order valence-electron chi connectivity index (χ2n) is 4.10. The van der Waals surface area contributed by atoms with Crippen LogP contribution in [0, 0.1) is 0 Å². The number of nitrogens with zero attached hydrogens (tertiary/aromatic N) is 2. The molecule has 0 radical (unpaired) electrons. The zero-order chi connectivity index (χ0) is 14.4. The Kier molecular flexibility index (Phi) is 5.52. The van der Waals surface area contributed by atoms with Gasteiger partial charge >= 0.3 is 0 Å². The van der Waals surface area contributed by atoms with Gasteiger partial charge in [0.25, 0.3) is 5.89 Å². The maximum absolute atomic E-state index is 5.94. The van der Waals surface area contributed by atoms with Crippen molar-refractivity contribution in [1.29, 1.82) is 0 Å². The SMILES string of the molecule is CCOC(OCC)c1nc(Cc2cccc(Cl)c2)no1. The first-order chi connectivity index (χ1) is 9.72. The fourth-order valence-electron chi connectivity index (χ4n) is 1.76. The van der Waals surface area contributed by atoms with Gasteiger partial charge in [-0.2, -0.15) is 4.98 Å². The van der Waals surface area contributed by atoms with E-state index >= 15 is 0 Å². The Hall–Kier alpha value is -1.43. The number of benzene rings is 1. The Morgan fingerprint density at radius 3 is 2.65 bits per heavy atom. The molecule has 0 N–H and O–H groups in total. The predicted molar refractivity (Wildman–Crippen MR) is 74.5 cm³/mol. The van der Waals surface area contributed by atoms with Gasteiger partial charge in [0.1, 0.15) is 0 Å². The fourth-order valence-corrected chi connectivity index (χ4v) is 1.97. The summed E-state index contributed by atoms with van der Waals surface area (Å²) in [6.07, 6.45) is -0.0553. The summed E-state index contributed by atoms with van der Waals surface area (Å²) in [5.74, 6) is 0.914. The van der Waals surface area contributed by atoms with E-state index in [2.05, 4.69) is 10.1 Å². The number of rotatable bonds is 7. The minimum atomic E-state index is -0.606. The van der Waals surface area contributed by atoms with Crippen LogP contribution in [-0.4, -0.2) is 23.4 Å². The summed E-state index contributed by atoms with van der Waals surface area (Å²) in [5, 5.41) is 4.63. The lowest BCUT2D eigenvalue weighted by molar-refractivity contribution is -0.155. The topological polar surface area (TPSA) is 57.4 Å². The molecule has 0 unspecified atom stereocenters. The van der Waals surface area contributed by atoms with Gasteiger partial charge in [-0.15, -0.1) is 0 Å². The van der Waals surface area contributed by atoms with E-state index in [-0.39, 0.29) is 0 Å². The van der Waals surface area contributed by atoms with E-state index in [0.717, 1.165) is 5.56 Å². The Morgan fingerprint density at radius 2 is 2.00 bits per heavy atom. The van der Waals surface area contributed by atoms with E-state index in [9.17, 15) is 0 Å². The molecule has 0 saturated heterocycles. The van der Waals surface area contributed by atoms with Gasteiger partial charge in [-0.05, 0) is 31.5 Å². The maximum Gasteiger partial charge on any atom is 0.283 e. The van der Waals surface area contributed by atoms with E-state index in [1.165, 1.54) is 0 Å². The highest BCUT2D eigenvalue weighted by Gasteiger charge is 2.19. The predicted octanol–water partition coefficient (Wildman–Crippen LogP) is 3.39. The van der Waals surface area contributed by atoms with Crippen LogP contribution in [0.15, 0.2) is 28.8 Å². The number of hydrogen-bond donors (Lipinski definition) is 0. The summed E-state index contributed by atoms with van der Waals surface area (Å²) in [4.78, 5) is 4.30. The smallest absolute Gasteiger partial charge is 0.283 e. The van der Waals surface area contributed by atoms with E-state index in [1.807, 2.05) is 38.1 Å². The van der Waals surface area contributed by atoms with Gasteiger partial charge in [0.2, 0.25) is 6.29 Å². The number of halogens is 1. The van der Waals surface area contributed by atoms with E-state index in [4.69, 9.17) is 25.6 Å². The zero-order valence-corrected chi connectivity index (χ0v) is 12.3. The first kappa shape index (κ1) is 15.0. The fraction of sp³-hybridized carbons (Fsp3) is 0.429. The van der Waals surface area contributed by atoms with Crippen LogP contribution in [0.4, 0.5) is 0 Å². The van der Waals surface area contributed by atoms with Crippen molar-refractivity contribution < 1.29 is 14.0 Å². The van der Waals surface area contributed by atoms with Gasteiger partial charge in [0.15, 0.2) is 5.82 Å². The van der Waals surface area contributed by atoms with Crippen molar-refractivity contribution in [2.24, 2.45) is 0 Å². The minimum Gasteiger partial charge on any atom is -0.345 e. The number of hydrogen-bond acceptors (Lipinski definition) is 5. The molecule has 1 aromatic carbocycles. The molecule has 2 aromatic rings. The molecule has 5 nitrogen and oxygen atoms in total. The quantitative estimate of drug-likeness (QED) is 0.733. The first-order valence-corrected chi connectivity index (χ1v) is 6.90. The maximum atomic E-state index is 5.94. The highest BCUT2D eigenvalue weighted by atomic mass is 35.5. The summed E-state index contributed by atoms with van der Waals surface area (Å²) in [5.41, 5.74) is 1.02. The van der Waals surface area contributed by atoms with E-state index < -0.39 is 6.29 Å². The molecule has 1 heterocycles. The molecule has 0 fully saturated rings. The third kappa shape index (κ3) is 4.03. The van der Waals surface area contributed by atoms with Crippen molar-refractivity contribution in [2.75, 3.05) is 13.2 Å². The lowest BCUT2D eigenvalue weighted by Crippen LogP contribution is -2.09. The lowest BCUT2D eigenvalue weighted by atomic mass is 10.1. The second-order valence-corrected chi connectivity index (χ2v) is 4.53. The molecule has 0 aliphatic heterocycles. The normalized spacial score (nSPS) is 11.2. The average molecular weight is 297 g/mol. The zero-order valence-electron chi connectivity index (χ0n) is 11.5. The molecular formula is C14H17ClN2O3. The summed E-state index contributed by atoms with van der Waals surface area (Å²) < 4.78 is 16.0. The third-order valence-electron chi connectivity index (χ3n) is 2.57. The lowest BCUT2D eigenvalue weighted by Gasteiger charge is -2.11. The summed E-state index contributed by atoms with van der Waals surface area (Å²) in [6, 6.07) is 7.55. The highest BCUT2D eigenvalue weighted by molar-refractivity contribution is 6.30. The van der Waals surface area contributed by atoms with Crippen LogP contribution in [0.3, 0.4) is 0 Å². The van der Waals surface area contributed by atoms with Crippen molar-refractivity contribution >= 4 is 11.6 Å². The van der Waals surface area contributed by atoms with Gasteiger partial charge in [-0.3, -0.25) is 0 Å². The van der Waals surface area contributed by atoms with Crippen LogP contribution >= 0.6 is 11.6 Å². The Labute approximate surface area is 122 Å². The third-order valence-corrected chi connectivity index (χ3v) is 2.81. The molecule has 0 atom stereocenters. The van der Waals surface area contributed by atoms with Crippen molar-refractivity contribution in [3.63, 3.8) is 0 Å². The standard InChI is InChI=1S/C14H17ClN2O3/c1-3-18-14(19-4-2)13-16-12(17-20-13)9-10-6-5-7-11(15)8-10/h5-8,14H,3-4,9H2,1-2H3. The summed E-state index contributed by atoms with van der Waals surface area (Å²) in [7, 11) is 0. The molecule has 20 heavy (non-hydrogen) atoms. The Bertz CT molecular complexity index is 539. The van der Waals surface area contributed by atoms with Crippen molar-refractivity contribution in [3.8, 4) is 0 Å². The van der Waals surface area contributed by atoms with Gasteiger partial charge < -0.3 is 14.0 Å². The van der Waals surface area contributed by atoms with Crippen LogP contribution in [-0.2, 0) is 15.9 Å². The summed E-state index contributed by atoms with van der Waals surface area (Å²) >= 11 is 5.94. The van der Waals surface area contributed by atoms with Gasteiger partial charge in [0.05, 0.1) is 0 Å². The molecule has 2 rings (SSSR count).